The Morgan fingerprint density at radius 3 is 2.56 bits per heavy atom. The Labute approximate surface area is 161 Å². The molecular weight excluding hydrogens is 344 g/mol. The third kappa shape index (κ3) is 6.50. The molecule has 1 aromatic rings. The fourth-order valence-corrected chi connectivity index (χ4v) is 3.70. The third-order valence-electron chi connectivity index (χ3n) is 5.48. The number of hydrogen-bond acceptors (Lipinski definition) is 4. The van der Waals surface area contributed by atoms with Crippen molar-refractivity contribution in [3.8, 4) is 0 Å². The van der Waals surface area contributed by atoms with E-state index in [0.717, 1.165) is 37.7 Å². The Balaban J connectivity index is 0.000000817. The first-order chi connectivity index (χ1) is 13.0. The van der Waals surface area contributed by atoms with Gasteiger partial charge in [-0.1, -0.05) is 6.07 Å². The fraction of sp³-hybridized carbons (Fsp3) is 0.650. The van der Waals surface area contributed by atoms with Crippen LogP contribution in [-0.4, -0.2) is 71.2 Å². The number of carboxylic acid groups (broad SMARTS) is 1. The number of pyridine rings is 1. The average molecular weight is 377 g/mol. The standard InChI is InChI=1S/C19H30N4O.CH2O2/c1-15(2)22-11-7-16(8-12-22)6-10-21-19(24)23-13-17(14-23)18-5-3-4-9-20-18;2-1-3/h3-5,9,15-17H,6-8,10-14H2,1-2H3,(H,21,24);1H,(H,2,3). The van der Waals surface area contributed by atoms with Crippen molar-refractivity contribution in [2.75, 3.05) is 32.7 Å². The Bertz CT molecular complexity index is 568. The van der Waals surface area contributed by atoms with Gasteiger partial charge in [-0.2, -0.15) is 0 Å². The minimum absolute atomic E-state index is 0.0850. The van der Waals surface area contributed by atoms with E-state index in [9.17, 15) is 4.79 Å². The van der Waals surface area contributed by atoms with Crippen LogP contribution in [0.2, 0.25) is 0 Å². The number of urea groups is 1. The van der Waals surface area contributed by atoms with E-state index in [-0.39, 0.29) is 12.5 Å². The first-order valence-corrected chi connectivity index (χ1v) is 9.80. The molecule has 0 bridgehead atoms. The lowest BCUT2D eigenvalue weighted by Gasteiger charge is -2.39. The largest absolute Gasteiger partial charge is 0.483 e. The molecule has 0 saturated carbocycles. The van der Waals surface area contributed by atoms with E-state index < -0.39 is 0 Å². The van der Waals surface area contributed by atoms with Gasteiger partial charge in [0.15, 0.2) is 0 Å². The summed E-state index contributed by atoms with van der Waals surface area (Å²) >= 11 is 0. The van der Waals surface area contributed by atoms with Crippen LogP contribution in [0.4, 0.5) is 4.79 Å². The molecule has 0 atom stereocenters. The van der Waals surface area contributed by atoms with E-state index in [1.54, 1.807) is 0 Å². The van der Waals surface area contributed by atoms with Crippen LogP contribution in [0.1, 0.15) is 44.7 Å². The van der Waals surface area contributed by atoms with Crippen LogP contribution < -0.4 is 5.32 Å². The molecule has 2 aliphatic rings. The number of hydrogen-bond donors (Lipinski definition) is 2. The lowest BCUT2D eigenvalue weighted by molar-refractivity contribution is -0.122. The molecule has 27 heavy (non-hydrogen) atoms. The van der Waals surface area contributed by atoms with E-state index in [1.807, 2.05) is 29.3 Å². The number of rotatable bonds is 5. The van der Waals surface area contributed by atoms with Crippen LogP contribution in [0.15, 0.2) is 24.4 Å². The molecule has 2 N–H and O–H groups in total. The monoisotopic (exact) mass is 376 g/mol. The van der Waals surface area contributed by atoms with Gasteiger partial charge in [0.2, 0.25) is 0 Å². The Kier molecular flexibility index (Phi) is 8.51. The van der Waals surface area contributed by atoms with Gasteiger partial charge in [-0.3, -0.25) is 9.78 Å². The fourth-order valence-electron chi connectivity index (χ4n) is 3.70. The molecule has 0 spiro atoms. The molecule has 0 aliphatic carbocycles. The van der Waals surface area contributed by atoms with Crippen LogP contribution >= 0.6 is 0 Å². The molecule has 2 saturated heterocycles. The molecular formula is C20H32N4O3. The van der Waals surface area contributed by atoms with E-state index in [1.165, 1.54) is 25.9 Å². The van der Waals surface area contributed by atoms with Crippen molar-refractivity contribution in [2.45, 2.75) is 45.1 Å². The minimum Gasteiger partial charge on any atom is -0.483 e. The predicted octanol–water partition coefficient (Wildman–Crippen LogP) is 2.40. The number of carbonyl (C=O) groups excluding carboxylic acids is 1. The summed E-state index contributed by atoms with van der Waals surface area (Å²) in [6.07, 6.45) is 5.46. The number of amides is 2. The first-order valence-electron chi connectivity index (χ1n) is 9.80. The van der Waals surface area contributed by atoms with E-state index in [2.05, 4.69) is 29.0 Å². The van der Waals surface area contributed by atoms with Gasteiger partial charge in [0.25, 0.3) is 6.47 Å². The van der Waals surface area contributed by atoms with Crippen LogP contribution in [-0.2, 0) is 4.79 Å². The molecule has 2 aliphatic heterocycles. The number of piperidine rings is 1. The number of likely N-dealkylation sites (tertiary alicyclic amines) is 2. The highest BCUT2D eigenvalue weighted by Crippen LogP contribution is 2.25. The molecule has 0 unspecified atom stereocenters. The van der Waals surface area contributed by atoms with Gasteiger partial charge in [-0.15, -0.1) is 0 Å². The van der Waals surface area contributed by atoms with E-state index in [0.29, 0.717) is 12.0 Å². The molecule has 1 aromatic heterocycles. The second-order valence-electron chi connectivity index (χ2n) is 7.56. The van der Waals surface area contributed by atoms with Crippen molar-refractivity contribution in [1.82, 2.24) is 20.1 Å². The summed E-state index contributed by atoms with van der Waals surface area (Å²) in [4.78, 5) is 29.3. The van der Waals surface area contributed by atoms with Gasteiger partial charge in [0.1, 0.15) is 0 Å². The van der Waals surface area contributed by atoms with Crippen molar-refractivity contribution < 1.29 is 14.7 Å². The molecule has 0 aromatic carbocycles. The number of carbonyl (C=O) groups is 2. The lowest BCUT2D eigenvalue weighted by Crippen LogP contribution is -2.53. The van der Waals surface area contributed by atoms with Crippen LogP contribution in [0.5, 0.6) is 0 Å². The molecule has 150 valence electrons. The summed E-state index contributed by atoms with van der Waals surface area (Å²) in [5.41, 5.74) is 1.10. The summed E-state index contributed by atoms with van der Waals surface area (Å²) in [6.45, 7) is 9.07. The van der Waals surface area contributed by atoms with E-state index >= 15 is 0 Å². The minimum atomic E-state index is -0.250. The second kappa shape index (κ2) is 10.9. The molecule has 7 nitrogen and oxygen atoms in total. The summed E-state index contributed by atoms with van der Waals surface area (Å²) < 4.78 is 0. The zero-order valence-corrected chi connectivity index (χ0v) is 16.4. The number of nitrogens with one attached hydrogen (secondary N) is 1. The van der Waals surface area contributed by atoms with Gasteiger partial charge in [0, 0.05) is 43.5 Å². The molecule has 2 fully saturated rings. The second-order valence-corrected chi connectivity index (χ2v) is 7.56. The number of nitrogens with zero attached hydrogens (tertiary/aromatic N) is 3. The summed E-state index contributed by atoms with van der Waals surface area (Å²) in [5.74, 6) is 1.16. The highest BCUT2D eigenvalue weighted by atomic mass is 16.3. The van der Waals surface area contributed by atoms with Gasteiger partial charge in [-0.25, -0.2) is 4.79 Å². The number of aromatic nitrogens is 1. The highest BCUT2D eigenvalue weighted by molar-refractivity contribution is 5.75. The summed E-state index contributed by atoms with van der Waals surface area (Å²) in [5, 5.41) is 9.98. The SMILES string of the molecule is CC(C)N1CCC(CCNC(=O)N2CC(c3ccccn3)C2)CC1.O=CO. The van der Waals surface area contributed by atoms with Gasteiger partial charge in [-0.05, 0) is 64.3 Å². The Hall–Kier alpha value is -2.15. The van der Waals surface area contributed by atoms with Gasteiger partial charge >= 0.3 is 6.03 Å². The topological polar surface area (TPSA) is 85.8 Å². The predicted molar refractivity (Wildman–Crippen MR) is 105 cm³/mol. The van der Waals surface area contributed by atoms with Gasteiger partial charge in [0.05, 0.1) is 0 Å². The zero-order valence-electron chi connectivity index (χ0n) is 16.4. The van der Waals surface area contributed by atoms with Crippen LogP contribution in [0.3, 0.4) is 0 Å². The van der Waals surface area contributed by atoms with Crippen LogP contribution in [0.25, 0.3) is 0 Å². The normalized spacial score (nSPS) is 18.4. The Morgan fingerprint density at radius 1 is 1.33 bits per heavy atom. The molecule has 3 rings (SSSR count). The quantitative estimate of drug-likeness (QED) is 0.771. The van der Waals surface area contributed by atoms with Crippen molar-refractivity contribution in [3.63, 3.8) is 0 Å². The summed E-state index contributed by atoms with van der Waals surface area (Å²) in [7, 11) is 0. The van der Waals surface area contributed by atoms with Crippen molar-refractivity contribution in [2.24, 2.45) is 5.92 Å². The lowest BCUT2D eigenvalue weighted by atomic mass is 9.93. The zero-order chi connectivity index (χ0) is 19.6. The molecule has 7 heteroatoms. The Morgan fingerprint density at radius 2 is 2.00 bits per heavy atom. The maximum Gasteiger partial charge on any atom is 0.317 e. The highest BCUT2D eigenvalue weighted by Gasteiger charge is 2.32. The average Bonchev–Trinajstić information content (AvgIpc) is 2.62. The maximum atomic E-state index is 12.2. The first kappa shape index (κ1) is 21.2. The van der Waals surface area contributed by atoms with Crippen molar-refractivity contribution in [1.29, 1.82) is 0 Å². The van der Waals surface area contributed by atoms with Crippen molar-refractivity contribution in [3.05, 3.63) is 30.1 Å². The molecule has 3 heterocycles. The molecule has 0 radical (unpaired) electrons. The third-order valence-corrected chi connectivity index (χ3v) is 5.48. The molecule has 2 amide bonds. The smallest absolute Gasteiger partial charge is 0.317 e. The van der Waals surface area contributed by atoms with Crippen LogP contribution in [0, 0.1) is 5.92 Å². The van der Waals surface area contributed by atoms with Gasteiger partial charge < -0.3 is 20.2 Å². The van der Waals surface area contributed by atoms with E-state index in [4.69, 9.17) is 9.90 Å². The maximum absolute atomic E-state index is 12.2. The van der Waals surface area contributed by atoms with Crippen molar-refractivity contribution >= 4 is 12.5 Å². The summed E-state index contributed by atoms with van der Waals surface area (Å²) in [6, 6.07) is 6.73.